The SMILES string of the molecule is CC(=O)Nc1ccc(Nc2ccc(NC(=O)C3CCOCC3)cn2)cc1. The Kier molecular flexibility index (Phi) is 5.80. The molecule has 1 aliphatic rings. The highest BCUT2D eigenvalue weighted by Gasteiger charge is 2.21. The van der Waals surface area contributed by atoms with Crippen LogP contribution in [0.15, 0.2) is 42.6 Å². The first-order valence-electron chi connectivity index (χ1n) is 8.59. The van der Waals surface area contributed by atoms with E-state index in [0.717, 1.165) is 24.2 Å². The Labute approximate surface area is 152 Å². The van der Waals surface area contributed by atoms with E-state index in [1.54, 1.807) is 12.3 Å². The minimum Gasteiger partial charge on any atom is -0.381 e. The van der Waals surface area contributed by atoms with E-state index in [-0.39, 0.29) is 17.7 Å². The van der Waals surface area contributed by atoms with Gasteiger partial charge in [0.25, 0.3) is 0 Å². The largest absolute Gasteiger partial charge is 0.381 e. The number of rotatable bonds is 5. The number of anilines is 4. The molecule has 0 atom stereocenters. The van der Waals surface area contributed by atoms with Crippen molar-refractivity contribution < 1.29 is 14.3 Å². The number of benzene rings is 1. The van der Waals surface area contributed by atoms with Gasteiger partial charge >= 0.3 is 0 Å². The van der Waals surface area contributed by atoms with Crippen LogP contribution in [-0.2, 0) is 14.3 Å². The Balaban J connectivity index is 1.55. The van der Waals surface area contributed by atoms with Crippen LogP contribution in [0.5, 0.6) is 0 Å². The number of pyridine rings is 1. The number of hydrogen-bond acceptors (Lipinski definition) is 5. The van der Waals surface area contributed by atoms with Crippen molar-refractivity contribution in [2.45, 2.75) is 19.8 Å². The fraction of sp³-hybridized carbons (Fsp3) is 0.316. The van der Waals surface area contributed by atoms with Crippen LogP contribution in [0, 0.1) is 5.92 Å². The summed E-state index contributed by atoms with van der Waals surface area (Å²) in [5.41, 5.74) is 2.26. The number of ether oxygens (including phenoxy) is 1. The predicted molar refractivity (Wildman–Crippen MR) is 100 cm³/mol. The fourth-order valence-corrected chi connectivity index (χ4v) is 2.73. The highest BCUT2D eigenvalue weighted by atomic mass is 16.5. The lowest BCUT2D eigenvalue weighted by Crippen LogP contribution is -2.28. The molecule has 1 aromatic carbocycles. The summed E-state index contributed by atoms with van der Waals surface area (Å²) in [7, 11) is 0. The monoisotopic (exact) mass is 354 g/mol. The number of nitrogens with zero attached hydrogens (tertiary/aromatic N) is 1. The van der Waals surface area contributed by atoms with Crippen molar-refractivity contribution in [3.63, 3.8) is 0 Å². The second-order valence-electron chi connectivity index (χ2n) is 6.19. The number of carbonyl (C=O) groups excluding carboxylic acids is 2. The van der Waals surface area contributed by atoms with Crippen LogP contribution in [0.3, 0.4) is 0 Å². The Morgan fingerprint density at radius 2 is 1.62 bits per heavy atom. The third-order valence-electron chi connectivity index (χ3n) is 4.10. The van der Waals surface area contributed by atoms with E-state index >= 15 is 0 Å². The summed E-state index contributed by atoms with van der Waals surface area (Å²) in [5.74, 6) is 0.583. The lowest BCUT2D eigenvalue weighted by Gasteiger charge is -2.21. The maximum atomic E-state index is 12.2. The van der Waals surface area contributed by atoms with Gasteiger partial charge in [-0.1, -0.05) is 0 Å². The molecule has 0 bridgehead atoms. The van der Waals surface area contributed by atoms with E-state index in [2.05, 4.69) is 20.9 Å². The Morgan fingerprint density at radius 1 is 0.962 bits per heavy atom. The first kappa shape index (κ1) is 17.9. The van der Waals surface area contributed by atoms with E-state index in [9.17, 15) is 9.59 Å². The molecule has 0 spiro atoms. The normalized spacial score (nSPS) is 14.5. The van der Waals surface area contributed by atoms with Gasteiger partial charge in [-0.25, -0.2) is 4.98 Å². The summed E-state index contributed by atoms with van der Waals surface area (Å²) < 4.78 is 5.28. The lowest BCUT2D eigenvalue weighted by atomic mass is 9.99. The first-order chi connectivity index (χ1) is 12.6. The zero-order valence-electron chi connectivity index (χ0n) is 14.6. The number of nitrogens with one attached hydrogen (secondary N) is 3. The van der Waals surface area contributed by atoms with Crippen LogP contribution in [0.2, 0.25) is 0 Å². The van der Waals surface area contributed by atoms with Gasteiger partial charge < -0.3 is 20.7 Å². The molecule has 26 heavy (non-hydrogen) atoms. The molecule has 7 nitrogen and oxygen atoms in total. The first-order valence-corrected chi connectivity index (χ1v) is 8.59. The molecule has 1 aliphatic heterocycles. The molecule has 1 aromatic heterocycles. The topological polar surface area (TPSA) is 92.4 Å². The second kappa shape index (κ2) is 8.44. The zero-order chi connectivity index (χ0) is 18.4. The van der Waals surface area contributed by atoms with Crippen LogP contribution in [0.25, 0.3) is 0 Å². The minimum absolute atomic E-state index is 0.00341. The fourth-order valence-electron chi connectivity index (χ4n) is 2.73. The Morgan fingerprint density at radius 3 is 2.23 bits per heavy atom. The summed E-state index contributed by atoms with van der Waals surface area (Å²) in [6, 6.07) is 11.0. The highest BCUT2D eigenvalue weighted by Crippen LogP contribution is 2.20. The van der Waals surface area contributed by atoms with Gasteiger partial charge in [0.05, 0.1) is 11.9 Å². The van der Waals surface area contributed by atoms with Crippen LogP contribution in [0.4, 0.5) is 22.9 Å². The average Bonchev–Trinajstić information content (AvgIpc) is 2.65. The average molecular weight is 354 g/mol. The van der Waals surface area contributed by atoms with Crippen LogP contribution in [0.1, 0.15) is 19.8 Å². The summed E-state index contributed by atoms with van der Waals surface area (Å²) in [6.07, 6.45) is 3.14. The molecular weight excluding hydrogens is 332 g/mol. The van der Waals surface area contributed by atoms with E-state index < -0.39 is 0 Å². The van der Waals surface area contributed by atoms with Gasteiger partial charge in [0.1, 0.15) is 5.82 Å². The Hall–Kier alpha value is -2.93. The van der Waals surface area contributed by atoms with E-state index in [1.807, 2.05) is 30.3 Å². The van der Waals surface area contributed by atoms with Crippen LogP contribution >= 0.6 is 0 Å². The molecule has 1 fully saturated rings. The number of carbonyl (C=O) groups is 2. The third kappa shape index (κ3) is 5.03. The summed E-state index contributed by atoms with van der Waals surface area (Å²) in [6.45, 7) is 2.75. The summed E-state index contributed by atoms with van der Waals surface area (Å²) in [4.78, 5) is 27.6. The van der Waals surface area contributed by atoms with Gasteiger partial charge in [0.2, 0.25) is 11.8 Å². The maximum Gasteiger partial charge on any atom is 0.227 e. The van der Waals surface area contributed by atoms with Crippen molar-refractivity contribution in [3.8, 4) is 0 Å². The lowest BCUT2D eigenvalue weighted by molar-refractivity contribution is -0.122. The Bertz CT molecular complexity index is 753. The number of amides is 2. The molecule has 7 heteroatoms. The van der Waals surface area contributed by atoms with Crippen LogP contribution in [-0.4, -0.2) is 30.0 Å². The van der Waals surface area contributed by atoms with Crippen molar-refractivity contribution in [1.82, 2.24) is 4.98 Å². The summed E-state index contributed by atoms with van der Waals surface area (Å²) >= 11 is 0. The molecule has 0 saturated carbocycles. The van der Waals surface area contributed by atoms with E-state index in [0.29, 0.717) is 24.7 Å². The van der Waals surface area contributed by atoms with Crippen LogP contribution < -0.4 is 16.0 Å². The molecule has 0 radical (unpaired) electrons. The van der Waals surface area contributed by atoms with Gasteiger partial charge in [0, 0.05) is 37.4 Å². The molecule has 2 amide bonds. The highest BCUT2D eigenvalue weighted by molar-refractivity contribution is 5.92. The van der Waals surface area contributed by atoms with Gasteiger partial charge in [-0.2, -0.15) is 0 Å². The molecular formula is C19H22N4O3. The molecule has 3 N–H and O–H groups in total. The van der Waals surface area contributed by atoms with Gasteiger partial charge in [-0.15, -0.1) is 0 Å². The number of hydrogen-bond donors (Lipinski definition) is 3. The predicted octanol–water partition coefficient (Wildman–Crippen LogP) is 3.15. The van der Waals surface area contributed by atoms with Crippen molar-refractivity contribution in [2.24, 2.45) is 5.92 Å². The van der Waals surface area contributed by atoms with E-state index in [1.165, 1.54) is 6.92 Å². The van der Waals surface area contributed by atoms with Crippen molar-refractivity contribution >= 4 is 34.7 Å². The van der Waals surface area contributed by atoms with Gasteiger partial charge in [0.15, 0.2) is 0 Å². The standard InChI is InChI=1S/C19H22N4O3/c1-13(24)21-15-2-4-16(5-3-15)22-18-7-6-17(12-20-18)23-19(25)14-8-10-26-11-9-14/h2-7,12,14H,8-11H2,1H3,(H,20,22)(H,21,24)(H,23,25). The van der Waals surface area contributed by atoms with Crippen molar-refractivity contribution in [2.75, 3.05) is 29.2 Å². The zero-order valence-corrected chi connectivity index (χ0v) is 14.6. The minimum atomic E-state index is -0.106. The second-order valence-corrected chi connectivity index (χ2v) is 6.19. The van der Waals surface area contributed by atoms with Crippen molar-refractivity contribution in [3.05, 3.63) is 42.6 Å². The van der Waals surface area contributed by atoms with Gasteiger partial charge in [-0.3, -0.25) is 9.59 Å². The third-order valence-corrected chi connectivity index (χ3v) is 4.10. The molecule has 0 unspecified atom stereocenters. The summed E-state index contributed by atoms with van der Waals surface area (Å²) in [5, 5.41) is 8.80. The molecule has 2 heterocycles. The quantitative estimate of drug-likeness (QED) is 0.767. The number of aromatic nitrogens is 1. The van der Waals surface area contributed by atoms with E-state index in [4.69, 9.17) is 4.74 Å². The molecule has 3 rings (SSSR count). The maximum absolute atomic E-state index is 12.2. The van der Waals surface area contributed by atoms with Crippen molar-refractivity contribution in [1.29, 1.82) is 0 Å². The smallest absolute Gasteiger partial charge is 0.227 e. The molecule has 1 saturated heterocycles. The van der Waals surface area contributed by atoms with Gasteiger partial charge in [-0.05, 0) is 49.2 Å². The molecule has 136 valence electrons. The molecule has 2 aromatic rings. The molecule has 0 aliphatic carbocycles.